The van der Waals surface area contributed by atoms with Crippen LogP contribution in [0.15, 0.2) is 4.99 Å². The van der Waals surface area contributed by atoms with Crippen LogP contribution >= 0.6 is 0 Å². The fraction of sp³-hybridized carbons (Fsp3) is 0.944. The van der Waals surface area contributed by atoms with E-state index < -0.39 is 8.80 Å². The number of aliphatic imine (C=N–C) groups is 1. The third-order valence-corrected chi connectivity index (χ3v) is 6.73. The average Bonchev–Trinajstić information content (AvgIpc) is 2.44. The van der Waals surface area contributed by atoms with Crippen LogP contribution in [0.3, 0.4) is 0 Å². The van der Waals surface area contributed by atoms with Gasteiger partial charge in [-0.25, -0.2) is 0 Å². The lowest BCUT2D eigenvalue weighted by Crippen LogP contribution is -2.46. The number of hydrogen-bond acceptors (Lipinski definition) is 4. The summed E-state index contributed by atoms with van der Waals surface area (Å²) in [6.07, 6.45) is 2.07. The molecule has 0 aliphatic rings. The van der Waals surface area contributed by atoms with Crippen molar-refractivity contribution in [3.05, 3.63) is 0 Å². The molecule has 0 N–H and O–H groups in total. The third kappa shape index (κ3) is 10.3. The molecule has 0 spiro atoms. The van der Waals surface area contributed by atoms with E-state index in [0.29, 0.717) is 25.7 Å². The van der Waals surface area contributed by atoms with E-state index in [9.17, 15) is 0 Å². The Labute approximate surface area is 145 Å². The van der Waals surface area contributed by atoms with Gasteiger partial charge in [0.1, 0.15) is 0 Å². The van der Waals surface area contributed by atoms with Gasteiger partial charge in [0.15, 0.2) is 0 Å². The molecule has 0 radical (unpaired) electrons. The standard InChI is InChI=1S/C18H39NO3Si/c1-9-20-23(21-10-2,22-11-3)13-12-18(7,8)15-19-17(6)14-16(4)5/h16H,9-15H2,1-8H3. The Balaban J connectivity index is 4.72. The van der Waals surface area contributed by atoms with Crippen molar-refractivity contribution in [3.63, 3.8) is 0 Å². The molecule has 0 bridgehead atoms. The Morgan fingerprint density at radius 3 is 1.87 bits per heavy atom. The van der Waals surface area contributed by atoms with E-state index in [1.54, 1.807) is 0 Å². The first-order valence-electron chi connectivity index (χ1n) is 9.12. The largest absolute Gasteiger partial charge is 0.500 e. The minimum atomic E-state index is -2.54. The number of nitrogens with zero attached hydrogens (tertiary/aromatic N) is 1. The summed E-state index contributed by atoms with van der Waals surface area (Å²) in [6.45, 7) is 19.9. The fourth-order valence-corrected chi connectivity index (χ4v) is 5.56. The molecule has 0 saturated heterocycles. The summed E-state index contributed by atoms with van der Waals surface area (Å²) in [6, 6.07) is 0.855. The first kappa shape index (κ1) is 22.8. The lowest BCUT2D eigenvalue weighted by Gasteiger charge is -2.32. The molecule has 0 saturated carbocycles. The molecule has 0 aromatic carbocycles. The van der Waals surface area contributed by atoms with Gasteiger partial charge in [-0.2, -0.15) is 0 Å². The molecule has 5 heteroatoms. The zero-order valence-corrected chi connectivity index (χ0v) is 17.7. The highest BCUT2D eigenvalue weighted by Gasteiger charge is 2.41. The van der Waals surface area contributed by atoms with E-state index in [1.807, 2.05) is 20.8 Å². The molecule has 0 atom stereocenters. The number of rotatable bonds is 13. The first-order valence-corrected chi connectivity index (χ1v) is 11.0. The van der Waals surface area contributed by atoms with Crippen molar-refractivity contribution in [1.29, 1.82) is 0 Å². The SMILES string of the molecule is CCO[Si](CCC(C)(C)CN=C(C)CC(C)C)(OCC)OCC. The van der Waals surface area contributed by atoms with E-state index >= 15 is 0 Å². The fourth-order valence-electron chi connectivity index (χ4n) is 2.58. The maximum atomic E-state index is 5.94. The van der Waals surface area contributed by atoms with E-state index in [0.717, 1.165) is 25.4 Å². The molecular formula is C18H39NO3Si. The highest BCUT2D eigenvalue weighted by atomic mass is 28.4. The summed E-state index contributed by atoms with van der Waals surface area (Å²) >= 11 is 0. The van der Waals surface area contributed by atoms with Gasteiger partial charge in [-0.1, -0.05) is 27.7 Å². The van der Waals surface area contributed by atoms with E-state index in [-0.39, 0.29) is 5.41 Å². The maximum absolute atomic E-state index is 5.94. The highest BCUT2D eigenvalue weighted by molar-refractivity contribution is 6.60. The topological polar surface area (TPSA) is 40.0 Å². The lowest BCUT2D eigenvalue weighted by molar-refractivity contribution is 0.0680. The summed E-state index contributed by atoms with van der Waals surface area (Å²) in [5, 5.41) is 0. The molecule has 0 aromatic heterocycles. The molecule has 0 aliphatic carbocycles. The first-order chi connectivity index (χ1) is 10.7. The van der Waals surface area contributed by atoms with Gasteiger partial charge < -0.3 is 13.3 Å². The molecule has 4 nitrogen and oxygen atoms in total. The van der Waals surface area contributed by atoms with Crippen molar-refractivity contribution >= 4 is 14.5 Å². The van der Waals surface area contributed by atoms with Crippen LogP contribution in [-0.2, 0) is 13.3 Å². The van der Waals surface area contributed by atoms with E-state index in [1.165, 1.54) is 5.71 Å². The van der Waals surface area contributed by atoms with Crippen LogP contribution in [-0.4, -0.2) is 40.9 Å². The normalized spacial score (nSPS) is 13.9. The van der Waals surface area contributed by atoms with Crippen LogP contribution in [0.4, 0.5) is 0 Å². The minimum absolute atomic E-state index is 0.127. The van der Waals surface area contributed by atoms with Crippen LogP contribution in [0, 0.1) is 11.3 Å². The second kappa shape index (κ2) is 11.3. The molecule has 0 aromatic rings. The van der Waals surface area contributed by atoms with Crippen LogP contribution in [0.5, 0.6) is 0 Å². The third-order valence-electron chi connectivity index (χ3n) is 3.68. The molecule has 0 aliphatic heterocycles. The molecule has 0 amide bonds. The van der Waals surface area contributed by atoms with Gasteiger partial charge in [0.25, 0.3) is 0 Å². The summed E-state index contributed by atoms with van der Waals surface area (Å²) < 4.78 is 17.8. The molecule has 0 unspecified atom stereocenters. The predicted molar refractivity (Wildman–Crippen MR) is 101 cm³/mol. The van der Waals surface area contributed by atoms with Gasteiger partial charge in [0.2, 0.25) is 0 Å². The molecule has 138 valence electrons. The smallest absolute Gasteiger partial charge is 0.374 e. The molecule has 0 rings (SSSR count). The Morgan fingerprint density at radius 1 is 1.00 bits per heavy atom. The van der Waals surface area contributed by atoms with Crippen molar-refractivity contribution in [2.45, 2.75) is 74.3 Å². The Bertz CT molecular complexity index is 326. The van der Waals surface area contributed by atoms with Crippen LogP contribution in [0.1, 0.15) is 68.2 Å². The van der Waals surface area contributed by atoms with E-state index in [4.69, 9.17) is 18.3 Å². The van der Waals surface area contributed by atoms with Gasteiger partial charge in [0, 0.05) is 38.1 Å². The zero-order chi connectivity index (χ0) is 17.9. The summed E-state index contributed by atoms with van der Waals surface area (Å²) in [4.78, 5) is 4.78. The minimum Gasteiger partial charge on any atom is -0.374 e. The second-order valence-electron chi connectivity index (χ2n) is 7.30. The van der Waals surface area contributed by atoms with Gasteiger partial charge >= 0.3 is 8.80 Å². The average molecular weight is 346 g/mol. The van der Waals surface area contributed by atoms with Gasteiger partial charge in [-0.05, 0) is 51.9 Å². The lowest BCUT2D eigenvalue weighted by atomic mass is 9.90. The Kier molecular flexibility index (Phi) is 11.2. The van der Waals surface area contributed by atoms with Crippen LogP contribution < -0.4 is 0 Å². The summed E-state index contributed by atoms with van der Waals surface area (Å²) in [5.74, 6) is 0.663. The molecule has 0 fully saturated rings. The second-order valence-corrected chi connectivity index (χ2v) is 10.0. The van der Waals surface area contributed by atoms with Crippen molar-refractivity contribution in [3.8, 4) is 0 Å². The van der Waals surface area contributed by atoms with Crippen molar-refractivity contribution in [2.75, 3.05) is 26.4 Å². The predicted octanol–water partition coefficient (Wildman–Crippen LogP) is 4.96. The monoisotopic (exact) mass is 345 g/mol. The van der Waals surface area contributed by atoms with Crippen molar-refractivity contribution in [1.82, 2.24) is 0 Å². The Morgan fingerprint density at radius 2 is 1.48 bits per heavy atom. The van der Waals surface area contributed by atoms with Gasteiger partial charge in [-0.3, -0.25) is 4.99 Å². The quantitative estimate of drug-likeness (QED) is 0.350. The van der Waals surface area contributed by atoms with Crippen LogP contribution in [0.25, 0.3) is 0 Å². The van der Waals surface area contributed by atoms with Gasteiger partial charge in [-0.15, -0.1) is 0 Å². The number of hydrogen-bond donors (Lipinski definition) is 0. The molecular weight excluding hydrogens is 306 g/mol. The maximum Gasteiger partial charge on any atom is 0.500 e. The summed E-state index contributed by atoms with van der Waals surface area (Å²) in [5.41, 5.74) is 1.37. The van der Waals surface area contributed by atoms with Gasteiger partial charge in [0.05, 0.1) is 0 Å². The highest BCUT2D eigenvalue weighted by Crippen LogP contribution is 2.29. The summed E-state index contributed by atoms with van der Waals surface area (Å²) in [7, 11) is -2.54. The zero-order valence-electron chi connectivity index (χ0n) is 16.7. The Hall–Kier alpha value is -0.233. The molecule has 23 heavy (non-hydrogen) atoms. The van der Waals surface area contributed by atoms with Crippen LogP contribution in [0.2, 0.25) is 6.04 Å². The van der Waals surface area contributed by atoms with Crippen molar-refractivity contribution in [2.24, 2.45) is 16.3 Å². The molecule has 0 heterocycles. The van der Waals surface area contributed by atoms with E-state index in [2.05, 4.69) is 34.6 Å². The van der Waals surface area contributed by atoms with Crippen molar-refractivity contribution < 1.29 is 13.3 Å².